The highest BCUT2D eigenvalue weighted by Crippen LogP contribution is 2.26. The number of furan rings is 1. The van der Waals surface area contributed by atoms with Crippen LogP contribution in [-0.4, -0.2) is 9.97 Å². The summed E-state index contributed by atoms with van der Waals surface area (Å²) in [5.41, 5.74) is 2.27. The Kier molecular flexibility index (Phi) is 3.61. The Hall–Kier alpha value is -1.66. The molecule has 0 aliphatic heterocycles. The fraction of sp³-hybridized carbons (Fsp3) is 0.0769. The van der Waals surface area contributed by atoms with Gasteiger partial charge in [0, 0.05) is 22.8 Å². The number of halogens is 1. The largest absolute Gasteiger partial charge is 0.472 e. The van der Waals surface area contributed by atoms with Crippen LogP contribution in [0.25, 0.3) is 11.1 Å². The van der Waals surface area contributed by atoms with Crippen molar-refractivity contribution in [3.63, 3.8) is 0 Å². The quantitative estimate of drug-likeness (QED) is 0.777. The Balaban J connectivity index is 1.66. The van der Waals surface area contributed by atoms with E-state index in [9.17, 15) is 0 Å². The van der Waals surface area contributed by atoms with Gasteiger partial charge in [-0.1, -0.05) is 0 Å². The Morgan fingerprint density at radius 2 is 2.11 bits per heavy atom. The summed E-state index contributed by atoms with van der Waals surface area (Å²) < 4.78 is 5.95. The molecule has 0 saturated carbocycles. The van der Waals surface area contributed by atoms with Crippen LogP contribution in [0.5, 0.6) is 0 Å². The molecule has 0 saturated heterocycles. The third kappa shape index (κ3) is 3.02. The lowest BCUT2D eigenvalue weighted by molar-refractivity contribution is 0.568. The molecule has 0 unspecified atom stereocenters. The van der Waals surface area contributed by atoms with Crippen LogP contribution in [0.4, 0.5) is 5.95 Å². The van der Waals surface area contributed by atoms with Crippen LogP contribution in [0.3, 0.4) is 0 Å². The van der Waals surface area contributed by atoms with Crippen molar-refractivity contribution in [2.45, 2.75) is 6.54 Å². The Morgan fingerprint density at radius 1 is 1.26 bits per heavy atom. The molecule has 1 N–H and O–H groups in total. The summed E-state index contributed by atoms with van der Waals surface area (Å²) in [5, 5.41) is 5.31. The zero-order valence-corrected chi connectivity index (χ0v) is 12.2. The number of thiophene rings is 1. The van der Waals surface area contributed by atoms with E-state index >= 15 is 0 Å². The van der Waals surface area contributed by atoms with E-state index < -0.39 is 0 Å². The van der Waals surface area contributed by atoms with Crippen LogP contribution >= 0.6 is 27.3 Å². The highest BCUT2D eigenvalue weighted by Gasteiger charge is 2.04. The second-order valence-electron chi connectivity index (χ2n) is 3.89. The molecule has 3 aromatic heterocycles. The minimum absolute atomic E-state index is 0.626. The summed E-state index contributed by atoms with van der Waals surface area (Å²) in [6, 6.07) is 4.10. The summed E-state index contributed by atoms with van der Waals surface area (Å²) >= 11 is 5.01. The summed E-state index contributed by atoms with van der Waals surface area (Å²) in [5.74, 6) is 0.626. The van der Waals surface area contributed by atoms with E-state index in [1.807, 2.05) is 6.07 Å². The number of nitrogens with zero attached hydrogens (tertiary/aromatic N) is 2. The smallest absolute Gasteiger partial charge is 0.222 e. The average molecular weight is 336 g/mol. The highest BCUT2D eigenvalue weighted by molar-refractivity contribution is 9.10. The van der Waals surface area contributed by atoms with Crippen molar-refractivity contribution < 1.29 is 4.42 Å². The Labute approximate surface area is 122 Å². The first-order valence-electron chi connectivity index (χ1n) is 5.62. The Morgan fingerprint density at radius 3 is 2.84 bits per heavy atom. The van der Waals surface area contributed by atoms with E-state index in [0.717, 1.165) is 10.0 Å². The predicted octanol–water partition coefficient (Wildman–Crippen LogP) is 4.17. The van der Waals surface area contributed by atoms with Gasteiger partial charge in [0.05, 0.1) is 23.5 Å². The second-order valence-corrected chi connectivity index (χ2v) is 5.80. The molecule has 0 aliphatic rings. The number of nitrogens with one attached hydrogen (secondary N) is 1. The maximum Gasteiger partial charge on any atom is 0.222 e. The molecule has 0 fully saturated rings. The molecular weight excluding hydrogens is 326 g/mol. The van der Waals surface area contributed by atoms with E-state index in [1.54, 1.807) is 36.3 Å². The van der Waals surface area contributed by atoms with Gasteiger partial charge in [-0.05, 0) is 39.0 Å². The third-order valence-electron chi connectivity index (χ3n) is 2.55. The van der Waals surface area contributed by atoms with Gasteiger partial charge in [0.1, 0.15) is 0 Å². The van der Waals surface area contributed by atoms with Crippen molar-refractivity contribution in [3.05, 3.63) is 51.8 Å². The van der Waals surface area contributed by atoms with E-state index in [-0.39, 0.29) is 0 Å². The van der Waals surface area contributed by atoms with E-state index in [2.05, 4.69) is 42.7 Å². The van der Waals surface area contributed by atoms with Gasteiger partial charge in [-0.15, -0.1) is 11.3 Å². The second kappa shape index (κ2) is 5.54. The van der Waals surface area contributed by atoms with Gasteiger partial charge in [-0.3, -0.25) is 0 Å². The SMILES string of the molecule is Brc1cnc(NCc2cc(-c3ccoc3)cs2)nc1. The molecule has 3 aromatic rings. The van der Waals surface area contributed by atoms with Crippen LogP contribution in [0.2, 0.25) is 0 Å². The van der Waals surface area contributed by atoms with Crippen LogP contribution in [0.15, 0.2) is 51.3 Å². The van der Waals surface area contributed by atoms with Crippen molar-refractivity contribution in [1.82, 2.24) is 9.97 Å². The van der Waals surface area contributed by atoms with E-state index in [0.29, 0.717) is 12.5 Å². The number of aromatic nitrogens is 2. The highest BCUT2D eigenvalue weighted by atomic mass is 79.9. The van der Waals surface area contributed by atoms with Gasteiger partial charge in [0.15, 0.2) is 0 Å². The van der Waals surface area contributed by atoms with E-state index in [1.165, 1.54) is 10.4 Å². The molecule has 0 spiro atoms. The fourth-order valence-electron chi connectivity index (χ4n) is 1.62. The summed E-state index contributed by atoms with van der Waals surface area (Å²) in [4.78, 5) is 9.57. The number of hydrogen-bond acceptors (Lipinski definition) is 5. The summed E-state index contributed by atoms with van der Waals surface area (Å²) in [6.07, 6.45) is 6.87. The molecule has 0 atom stereocenters. The molecular formula is C13H10BrN3OS. The van der Waals surface area contributed by atoms with Crippen LogP contribution in [0.1, 0.15) is 4.88 Å². The van der Waals surface area contributed by atoms with Crippen molar-refractivity contribution in [2.24, 2.45) is 0 Å². The fourth-order valence-corrected chi connectivity index (χ4v) is 2.66. The molecule has 0 aromatic carbocycles. The first-order valence-corrected chi connectivity index (χ1v) is 7.30. The normalized spacial score (nSPS) is 10.6. The average Bonchev–Trinajstić information content (AvgIpc) is 3.09. The molecule has 0 radical (unpaired) electrons. The maximum absolute atomic E-state index is 5.08. The topological polar surface area (TPSA) is 51.0 Å². The van der Waals surface area contributed by atoms with Gasteiger partial charge in [0.25, 0.3) is 0 Å². The standard InChI is InChI=1S/C13H10BrN3OS/c14-11-4-15-13(16-5-11)17-6-12-3-10(8-19-12)9-1-2-18-7-9/h1-5,7-8H,6H2,(H,15,16,17). The lowest BCUT2D eigenvalue weighted by Gasteiger charge is -2.01. The first kappa shape index (κ1) is 12.4. The van der Waals surface area contributed by atoms with Crippen LogP contribution in [-0.2, 0) is 6.54 Å². The zero-order chi connectivity index (χ0) is 13.1. The maximum atomic E-state index is 5.08. The minimum atomic E-state index is 0.626. The molecule has 0 bridgehead atoms. The molecule has 6 heteroatoms. The molecule has 4 nitrogen and oxygen atoms in total. The molecule has 0 aliphatic carbocycles. The van der Waals surface area contributed by atoms with Crippen molar-refractivity contribution in [2.75, 3.05) is 5.32 Å². The summed E-state index contributed by atoms with van der Waals surface area (Å²) in [6.45, 7) is 0.712. The van der Waals surface area contributed by atoms with Crippen molar-refractivity contribution in [1.29, 1.82) is 0 Å². The van der Waals surface area contributed by atoms with Crippen LogP contribution < -0.4 is 5.32 Å². The molecule has 96 valence electrons. The predicted molar refractivity (Wildman–Crippen MR) is 79.1 cm³/mol. The third-order valence-corrected chi connectivity index (χ3v) is 3.90. The number of rotatable bonds is 4. The minimum Gasteiger partial charge on any atom is -0.472 e. The van der Waals surface area contributed by atoms with Gasteiger partial charge in [-0.25, -0.2) is 9.97 Å². The van der Waals surface area contributed by atoms with Gasteiger partial charge in [-0.2, -0.15) is 0 Å². The molecule has 3 heterocycles. The molecule has 3 rings (SSSR count). The van der Waals surface area contributed by atoms with E-state index in [4.69, 9.17) is 4.42 Å². The monoisotopic (exact) mass is 335 g/mol. The first-order chi connectivity index (χ1) is 9.31. The number of hydrogen-bond donors (Lipinski definition) is 1. The van der Waals surface area contributed by atoms with Crippen LogP contribution in [0, 0.1) is 0 Å². The molecule has 19 heavy (non-hydrogen) atoms. The van der Waals surface area contributed by atoms with Gasteiger partial charge < -0.3 is 9.73 Å². The van der Waals surface area contributed by atoms with Gasteiger partial charge in [0.2, 0.25) is 5.95 Å². The zero-order valence-electron chi connectivity index (χ0n) is 9.84. The van der Waals surface area contributed by atoms with Gasteiger partial charge >= 0.3 is 0 Å². The van der Waals surface area contributed by atoms with Crippen molar-refractivity contribution >= 4 is 33.2 Å². The van der Waals surface area contributed by atoms with Crippen molar-refractivity contribution in [3.8, 4) is 11.1 Å². The number of anilines is 1. The molecule has 0 amide bonds. The lowest BCUT2D eigenvalue weighted by atomic mass is 10.2. The summed E-state index contributed by atoms with van der Waals surface area (Å²) in [7, 11) is 0. The Bertz CT molecular complexity index is 649. The lowest BCUT2D eigenvalue weighted by Crippen LogP contribution is -2.01.